The largest absolute Gasteiger partial charge is 0.416 e. The topological polar surface area (TPSA) is 95.2 Å². The van der Waals surface area contributed by atoms with Crippen molar-refractivity contribution in [3.05, 3.63) is 112 Å². The average molecular weight is 525 g/mol. The number of halogens is 3. The van der Waals surface area contributed by atoms with E-state index in [0.717, 1.165) is 45.5 Å². The van der Waals surface area contributed by atoms with Crippen molar-refractivity contribution in [3.63, 3.8) is 0 Å². The molecule has 2 aliphatic carbocycles. The Hall–Kier alpha value is -5.63. The highest BCUT2D eigenvalue weighted by atomic mass is 19.4. The van der Waals surface area contributed by atoms with E-state index < -0.39 is 23.6 Å². The molecule has 0 aromatic heterocycles. The molecule has 0 N–H and O–H groups in total. The van der Waals surface area contributed by atoms with Gasteiger partial charge in [-0.05, 0) is 86.0 Å². The van der Waals surface area contributed by atoms with Crippen LogP contribution in [0.5, 0.6) is 0 Å². The van der Waals surface area contributed by atoms with Crippen molar-refractivity contribution in [1.82, 2.24) is 0 Å². The van der Waals surface area contributed by atoms with Crippen LogP contribution in [-0.4, -0.2) is 0 Å². The highest BCUT2D eigenvalue weighted by Crippen LogP contribution is 2.54. The van der Waals surface area contributed by atoms with Gasteiger partial charge in [0.05, 0.1) is 17.7 Å². The predicted octanol–water partition coefficient (Wildman–Crippen LogP) is 7.98. The van der Waals surface area contributed by atoms with Crippen LogP contribution in [0.3, 0.4) is 0 Å². The summed E-state index contributed by atoms with van der Waals surface area (Å²) in [6, 6.07) is 29.9. The van der Waals surface area contributed by atoms with Gasteiger partial charge in [-0.15, -0.1) is 0 Å². The van der Waals surface area contributed by atoms with Crippen LogP contribution in [0.15, 0.2) is 84.4 Å². The molecule has 0 heterocycles. The fourth-order valence-corrected chi connectivity index (χ4v) is 5.82. The van der Waals surface area contributed by atoms with Crippen LogP contribution >= 0.6 is 0 Å². The number of fused-ring (bicyclic) bond motifs is 6. The minimum Gasteiger partial charge on any atom is -0.197 e. The maximum absolute atomic E-state index is 13.1. The van der Waals surface area contributed by atoms with Gasteiger partial charge in [0, 0.05) is 11.5 Å². The molecule has 2 aliphatic rings. The Kier molecular flexibility index (Phi) is 5.55. The first-order valence-corrected chi connectivity index (χ1v) is 12.2. The van der Waals surface area contributed by atoms with E-state index in [1.807, 2.05) is 54.6 Å². The summed E-state index contributed by atoms with van der Waals surface area (Å²) in [5.41, 5.74) is 7.04. The van der Waals surface area contributed by atoms with E-state index in [9.17, 15) is 34.2 Å². The molecule has 4 aromatic carbocycles. The van der Waals surface area contributed by atoms with Gasteiger partial charge in [0.25, 0.3) is 0 Å². The molecule has 0 saturated carbocycles. The third kappa shape index (κ3) is 3.58. The number of rotatable bonds is 2. The van der Waals surface area contributed by atoms with Crippen LogP contribution < -0.4 is 0 Å². The fraction of sp³-hybridized carbons (Fsp3) is 0.0909. The summed E-state index contributed by atoms with van der Waals surface area (Å²) in [5.74, 6) is -1.37. The minimum absolute atomic E-state index is 0.0840. The number of alkyl halides is 3. The summed E-state index contributed by atoms with van der Waals surface area (Å²) in [4.78, 5) is 0. The van der Waals surface area contributed by atoms with Crippen molar-refractivity contribution in [2.75, 3.05) is 0 Å². The normalized spacial score (nSPS) is 14.2. The van der Waals surface area contributed by atoms with Gasteiger partial charge in [-0.2, -0.15) is 34.2 Å². The lowest BCUT2D eigenvalue weighted by Gasteiger charge is -2.15. The molecule has 0 radical (unpaired) electrons. The summed E-state index contributed by atoms with van der Waals surface area (Å²) in [7, 11) is 0. The Morgan fingerprint density at radius 1 is 0.625 bits per heavy atom. The minimum atomic E-state index is -4.45. The van der Waals surface area contributed by atoms with Crippen molar-refractivity contribution in [3.8, 4) is 57.7 Å². The summed E-state index contributed by atoms with van der Waals surface area (Å²) >= 11 is 0. The Balaban J connectivity index is 1.57. The Morgan fingerprint density at radius 2 is 1.27 bits per heavy atom. The molecule has 6 rings (SSSR count). The molecule has 188 valence electrons. The second-order valence-corrected chi connectivity index (χ2v) is 9.59. The van der Waals surface area contributed by atoms with Crippen LogP contribution in [-0.2, 0) is 6.18 Å². The highest BCUT2D eigenvalue weighted by molar-refractivity contribution is 6.06. The van der Waals surface area contributed by atoms with Gasteiger partial charge >= 0.3 is 6.18 Å². The molecule has 0 amide bonds. The number of hydrogen-bond acceptors (Lipinski definition) is 4. The first-order chi connectivity index (χ1) is 19.3. The quantitative estimate of drug-likeness (QED) is 0.219. The molecule has 0 aliphatic heterocycles. The van der Waals surface area contributed by atoms with Crippen LogP contribution in [0.25, 0.3) is 39.0 Å². The van der Waals surface area contributed by atoms with Crippen LogP contribution in [0, 0.1) is 51.2 Å². The SMILES string of the molecule is N#CC(C#N)=C1c2cc(-c3ccc(C(F)(F)F)cc3)ccc2-c2cc3c(cc21)-c1ccccc1C3C(C#N)C#N. The first kappa shape index (κ1) is 24.7. The van der Waals surface area contributed by atoms with E-state index in [1.54, 1.807) is 12.1 Å². The highest BCUT2D eigenvalue weighted by Gasteiger charge is 2.38. The second-order valence-electron chi connectivity index (χ2n) is 9.59. The van der Waals surface area contributed by atoms with Crippen LogP contribution in [0.2, 0.25) is 0 Å². The van der Waals surface area contributed by atoms with Crippen molar-refractivity contribution < 1.29 is 13.2 Å². The summed E-state index contributed by atoms with van der Waals surface area (Å²) in [6.45, 7) is 0. The van der Waals surface area contributed by atoms with E-state index in [1.165, 1.54) is 12.1 Å². The molecule has 1 atom stereocenters. The molecule has 4 aromatic rings. The lowest BCUT2D eigenvalue weighted by atomic mass is 9.84. The monoisotopic (exact) mass is 524 g/mol. The molecule has 7 heteroatoms. The zero-order chi connectivity index (χ0) is 28.2. The molecule has 0 bridgehead atoms. The maximum Gasteiger partial charge on any atom is 0.416 e. The smallest absolute Gasteiger partial charge is 0.197 e. The van der Waals surface area contributed by atoms with E-state index in [4.69, 9.17) is 0 Å². The number of benzene rings is 4. The van der Waals surface area contributed by atoms with Crippen molar-refractivity contribution in [1.29, 1.82) is 21.0 Å². The van der Waals surface area contributed by atoms with Gasteiger partial charge < -0.3 is 0 Å². The Labute approximate surface area is 227 Å². The molecule has 40 heavy (non-hydrogen) atoms. The van der Waals surface area contributed by atoms with Crippen molar-refractivity contribution in [2.24, 2.45) is 5.92 Å². The summed E-state index contributed by atoms with van der Waals surface area (Å²) in [6.07, 6.45) is -4.45. The predicted molar refractivity (Wildman–Crippen MR) is 142 cm³/mol. The van der Waals surface area contributed by atoms with Gasteiger partial charge in [-0.1, -0.05) is 48.5 Å². The second kappa shape index (κ2) is 8.99. The first-order valence-electron chi connectivity index (χ1n) is 12.2. The lowest BCUT2D eigenvalue weighted by molar-refractivity contribution is -0.137. The van der Waals surface area contributed by atoms with E-state index >= 15 is 0 Å². The zero-order valence-corrected chi connectivity index (χ0v) is 20.6. The number of nitriles is 4. The van der Waals surface area contributed by atoms with E-state index in [2.05, 4.69) is 12.1 Å². The van der Waals surface area contributed by atoms with Gasteiger partial charge in [0.2, 0.25) is 0 Å². The standard InChI is InChI=1S/C33H15F3N4/c34-33(35,36)22-8-5-18(6-9-22)19-7-10-24-27-13-29-26(12-30(27)32(28(24)11-19)21(16-39)17-40)23-3-1-2-4-25(23)31(29)20(14-37)15-38/h1-13,20,31H. The average Bonchev–Trinajstić information content (AvgIpc) is 3.45. The summed E-state index contributed by atoms with van der Waals surface area (Å²) < 4.78 is 39.3. The molecule has 4 nitrogen and oxygen atoms in total. The van der Waals surface area contributed by atoms with Crippen molar-refractivity contribution >= 4 is 5.57 Å². The molecular formula is C33H15F3N4. The molecular weight excluding hydrogens is 509 g/mol. The van der Waals surface area contributed by atoms with E-state index in [0.29, 0.717) is 27.8 Å². The van der Waals surface area contributed by atoms with Crippen LogP contribution in [0.1, 0.15) is 33.7 Å². The van der Waals surface area contributed by atoms with Crippen LogP contribution in [0.4, 0.5) is 13.2 Å². The van der Waals surface area contributed by atoms with Crippen molar-refractivity contribution in [2.45, 2.75) is 12.1 Å². The lowest BCUT2D eigenvalue weighted by Crippen LogP contribution is -2.08. The van der Waals surface area contributed by atoms with Gasteiger partial charge in [-0.25, -0.2) is 0 Å². The van der Waals surface area contributed by atoms with Gasteiger partial charge in [0.15, 0.2) is 0 Å². The molecule has 0 fully saturated rings. The van der Waals surface area contributed by atoms with E-state index in [-0.39, 0.29) is 5.57 Å². The fourth-order valence-electron chi connectivity index (χ4n) is 5.82. The van der Waals surface area contributed by atoms with Gasteiger partial charge in [-0.3, -0.25) is 0 Å². The Bertz CT molecular complexity index is 1910. The zero-order valence-electron chi connectivity index (χ0n) is 20.6. The molecule has 0 spiro atoms. The summed E-state index contributed by atoms with van der Waals surface area (Å²) in [5, 5.41) is 39.2. The third-order valence-corrected chi connectivity index (χ3v) is 7.59. The molecule has 0 saturated heterocycles. The number of allylic oxidation sites excluding steroid dienone is 1. The van der Waals surface area contributed by atoms with Gasteiger partial charge in [0.1, 0.15) is 23.6 Å². The third-order valence-electron chi connectivity index (χ3n) is 7.59. The Morgan fingerprint density at radius 3 is 1.93 bits per heavy atom. The number of hydrogen-bond donors (Lipinski definition) is 0. The maximum atomic E-state index is 13.1. The number of nitrogens with zero attached hydrogens (tertiary/aromatic N) is 4. The molecule has 1 unspecified atom stereocenters.